The van der Waals surface area contributed by atoms with Crippen LogP contribution in [-0.4, -0.2) is 34.1 Å². The second-order valence-corrected chi connectivity index (χ2v) is 5.37. The summed E-state index contributed by atoms with van der Waals surface area (Å²) >= 11 is 5.11. The molecule has 1 aromatic heterocycles. The van der Waals surface area contributed by atoms with Crippen molar-refractivity contribution in [3.63, 3.8) is 0 Å². The highest BCUT2D eigenvalue weighted by molar-refractivity contribution is 9.09. The molecule has 0 aromatic carbocycles. The van der Waals surface area contributed by atoms with Crippen LogP contribution >= 0.6 is 27.7 Å². The van der Waals surface area contributed by atoms with Crippen LogP contribution in [0.2, 0.25) is 0 Å². The average molecular weight is 304 g/mol. The number of halogens is 1. The quantitative estimate of drug-likeness (QED) is 0.458. The van der Waals surface area contributed by atoms with Gasteiger partial charge in [0.1, 0.15) is 17.2 Å². The van der Waals surface area contributed by atoms with E-state index in [2.05, 4.69) is 50.7 Å². The fourth-order valence-corrected chi connectivity index (χ4v) is 2.09. The summed E-state index contributed by atoms with van der Waals surface area (Å²) in [5.74, 6) is 1.02. The van der Waals surface area contributed by atoms with Crippen molar-refractivity contribution in [2.24, 2.45) is 0 Å². The van der Waals surface area contributed by atoms with Gasteiger partial charge in [0, 0.05) is 24.0 Å². The molecule has 3 nitrogen and oxygen atoms in total. The highest BCUT2D eigenvalue weighted by Gasteiger charge is 2.11. The number of aromatic nitrogens is 2. The molecule has 0 aliphatic heterocycles. The smallest absolute Gasteiger partial charge is 0.133 e. The summed E-state index contributed by atoms with van der Waals surface area (Å²) < 4.78 is 0. The van der Waals surface area contributed by atoms with Crippen LogP contribution in [-0.2, 0) is 0 Å². The first-order chi connectivity index (χ1) is 7.69. The van der Waals surface area contributed by atoms with Crippen LogP contribution < -0.4 is 4.90 Å². The zero-order chi connectivity index (χ0) is 12.0. The summed E-state index contributed by atoms with van der Waals surface area (Å²) in [5, 5.41) is 2.05. The SMILES string of the molecule is CSc1cc(N(CCCBr)C(C)C)ncn1. The third-order valence-electron chi connectivity index (χ3n) is 2.29. The normalized spacial score (nSPS) is 10.8. The topological polar surface area (TPSA) is 29.0 Å². The summed E-state index contributed by atoms with van der Waals surface area (Å²) in [4.78, 5) is 10.9. The van der Waals surface area contributed by atoms with Crippen LogP contribution in [0.25, 0.3) is 0 Å². The summed E-state index contributed by atoms with van der Waals surface area (Å²) in [5.41, 5.74) is 0. The molecule has 16 heavy (non-hydrogen) atoms. The number of nitrogens with zero attached hydrogens (tertiary/aromatic N) is 3. The number of alkyl halides is 1. The zero-order valence-corrected chi connectivity index (χ0v) is 12.4. The van der Waals surface area contributed by atoms with Crippen LogP contribution in [0.4, 0.5) is 5.82 Å². The van der Waals surface area contributed by atoms with E-state index in [-0.39, 0.29) is 0 Å². The molecule has 0 radical (unpaired) electrons. The highest BCUT2D eigenvalue weighted by Crippen LogP contribution is 2.19. The van der Waals surface area contributed by atoms with E-state index in [1.165, 1.54) is 0 Å². The first-order valence-corrected chi connectivity index (χ1v) is 7.72. The standard InChI is InChI=1S/C11H18BrN3S/c1-9(2)15(6-4-5-12)10-7-11(16-3)14-8-13-10/h7-9H,4-6H2,1-3H3. The lowest BCUT2D eigenvalue weighted by Crippen LogP contribution is -2.32. The first-order valence-electron chi connectivity index (χ1n) is 5.37. The number of hydrogen-bond acceptors (Lipinski definition) is 4. The van der Waals surface area contributed by atoms with E-state index in [1.807, 2.05) is 6.26 Å². The van der Waals surface area contributed by atoms with Crippen molar-refractivity contribution < 1.29 is 0 Å². The van der Waals surface area contributed by atoms with E-state index in [0.717, 1.165) is 29.1 Å². The number of thioether (sulfide) groups is 1. The van der Waals surface area contributed by atoms with Gasteiger partial charge in [-0.1, -0.05) is 15.9 Å². The molecule has 90 valence electrons. The average Bonchev–Trinajstić information content (AvgIpc) is 2.29. The van der Waals surface area contributed by atoms with Crippen molar-refractivity contribution in [2.45, 2.75) is 31.3 Å². The molecule has 1 aromatic rings. The van der Waals surface area contributed by atoms with E-state index in [0.29, 0.717) is 6.04 Å². The second kappa shape index (κ2) is 7.12. The molecule has 0 aliphatic carbocycles. The Labute approximate surface area is 110 Å². The molecule has 0 saturated heterocycles. The van der Waals surface area contributed by atoms with Gasteiger partial charge in [-0.05, 0) is 26.5 Å². The van der Waals surface area contributed by atoms with Gasteiger partial charge in [-0.25, -0.2) is 9.97 Å². The minimum absolute atomic E-state index is 0.462. The van der Waals surface area contributed by atoms with Gasteiger partial charge in [-0.2, -0.15) is 0 Å². The van der Waals surface area contributed by atoms with E-state index < -0.39 is 0 Å². The van der Waals surface area contributed by atoms with Crippen molar-refractivity contribution in [2.75, 3.05) is 23.0 Å². The molecular formula is C11H18BrN3S. The molecule has 0 spiro atoms. The van der Waals surface area contributed by atoms with Gasteiger partial charge in [-0.3, -0.25) is 0 Å². The summed E-state index contributed by atoms with van der Waals surface area (Å²) in [6.07, 6.45) is 4.80. The fraction of sp³-hybridized carbons (Fsp3) is 0.636. The Kier molecular flexibility index (Phi) is 6.13. The third kappa shape index (κ3) is 3.94. The number of anilines is 1. The van der Waals surface area contributed by atoms with Crippen molar-refractivity contribution >= 4 is 33.5 Å². The van der Waals surface area contributed by atoms with E-state index in [4.69, 9.17) is 0 Å². The van der Waals surface area contributed by atoms with Crippen LogP contribution in [0.5, 0.6) is 0 Å². The van der Waals surface area contributed by atoms with Gasteiger partial charge < -0.3 is 4.90 Å². The minimum atomic E-state index is 0.462. The van der Waals surface area contributed by atoms with Crippen molar-refractivity contribution in [3.8, 4) is 0 Å². The van der Waals surface area contributed by atoms with E-state index in [9.17, 15) is 0 Å². The molecule has 0 bridgehead atoms. The lowest BCUT2D eigenvalue weighted by molar-refractivity contribution is 0.662. The Morgan fingerprint density at radius 2 is 2.19 bits per heavy atom. The number of rotatable bonds is 6. The predicted octanol–water partition coefficient (Wildman–Crippen LogP) is 3.20. The van der Waals surface area contributed by atoms with E-state index >= 15 is 0 Å². The maximum Gasteiger partial charge on any atom is 0.133 e. The third-order valence-corrected chi connectivity index (χ3v) is 3.49. The Bertz CT molecular complexity index is 320. The molecule has 0 fully saturated rings. The van der Waals surface area contributed by atoms with Gasteiger partial charge in [-0.15, -0.1) is 11.8 Å². The zero-order valence-electron chi connectivity index (χ0n) is 9.98. The van der Waals surface area contributed by atoms with Gasteiger partial charge in [0.15, 0.2) is 0 Å². The molecular weight excluding hydrogens is 286 g/mol. The highest BCUT2D eigenvalue weighted by atomic mass is 79.9. The molecule has 5 heteroatoms. The van der Waals surface area contributed by atoms with Crippen molar-refractivity contribution in [3.05, 3.63) is 12.4 Å². The maximum atomic E-state index is 4.35. The molecule has 0 unspecified atom stereocenters. The second-order valence-electron chi connectivity index (χ2n) is 3.75. The minimum Gasteiger partial charge on any atom is -0.354 e. The van der Waals surface area contributed by atoms with Crippen molar-refractivity contribution in [1.82, 2.24) is 9.97 Å². The summed E-state index contributed by atoms with van der Waals surface area (Å²) in [6.45, 7) is 5.40. The van der Waals surface area contributed by atoms with E-state index in [1.54, 1.807) is 18.1 Å². The van der Waals surface area contributed by atoms with Crippen LogP contribution in [0, 0.1) is 0 Å². The number of hydrogen-bond donors (Lipinski definition) is 0. The Balaban J connectivity index is 2.82. The molecule has 1 heterocycles. The fourth-order valence-electron chi connectivity index (χ4n) is 1.47. The monoisotopic (exact) mass is 303 g/mol. The lowest BCUT2D eigenvalue weighted by Gasteiger charge is -2.27. The predicted molar refractivity (Wildman–Crippen MR) is 74.7 cm³/mol. The molecule has 0 atom stereocenters. The Morgan fingerprint density at radius 1 is 1.44 bits per heavy atom. The Morgan fingerprint density at radius 3 is 2.75 bits per heavy atom. The van der Waals surface area contributed by atoms with Crippen molar-refractivity contribution in [1.29, 1.82) is 0 Å². The molecule has 1 rings (SSSR count). The first kappa shape index (κ1) is 13.8. The summed E-state index contributed by atoms with van der Waals surface area (Å²) in [6, 6.07) is 2.52. The van der Waals surface area contributed by atoms with Crippen LogP contribution in [0.3, 0.4) is 0 Å². The molecule has 0 amide bonds. The Hall–Kier alpha value is -0.290. The lowest BCUT2D eigenvalue weighted by atomic mass is 10.3. The maximum absolute atomic E-state index is 4.35. The molecule has 0 N–H and O–H groups in total. The summed E-state index contributed by atoms with van der Waals surface area (Å²) in [7, 11) is 0. The van der Waals surface area contributed by atoms with Crippen LogP contribution in [0.1, 0.15) is 20.3 Å². The van der Waals surface area contributed by atoms with Gasteiger partial charge in [0.2, 0.25) is 0 Å². The van der Waals surface area contributed by atoms with Gasteiger partial charge >= 0.3 is 0 Å². The molecule has 0 aliphatic rings. The largest absolute Gasteiger partial charge is 0.354 e. The van der Waals surface area contributed by atoms with Gasteiger partial charge in [0.25, 0.3) is 0 Å². The van der Waals surface area contributed by atoms with Crippen LogP contribution in [0.15, 0.2) is 17.4 Å². The molecule has 0 saturated carbocycles. The van der Waals surface area contributed by atoms with Gasteiger partial charge in [0.05, 0.1) is 0 Å².